The number of rotatable bonds is 6. The summed E-state index contributed by atoms with van der Waals surface area (Å²) >= 11 is 0. The number of aliphatic hydroxyl groups excluding tert-OH is 2. The van der Waals surface area contributed by atoms with E-state index in [0.29, 0.717) is 13.1 Å². The van der Waals surface area contributed by atoms with Crippen LogP contribution in [0.15, 0.2) is 30.3 Å². The zero-order chi connectivity index (χ0) is 16.8. The summed E-state index contributed by atoms with van der Waals surface area (Å²) in [6.07, 6.45) is -2.94. The molecule has 0 bridgehead atoms. The number of nitrogens with one attached hydrogen (secondary N) is 1. The van der Waals surface area contributed by atoms with Crippen LogP contribution >= 0.6 is 0 Å². The Hall–Kier alpha value is -1.50. The number of nitrogens with zero attached hydrogens (tertiary/aromatic N) is 1. The molecule has 1 heterocycles. The van der Waals surface area contributed by atoms with Crippen molar-refractivity contribution < 1.29 is 19.4 Å². The molecule has 0 aliphatic carbocycles. The summed E-state index contributed by atoms with van der Waals surface area (Å²) in [7, 11) is 0. The van der Waals surface area contributed by atoms with Gasteiger partial charge in [0, 0.05) is 19.6 Å². The fourth-order valence-corrected chi connectivity index (χ4v) is 2.87. The lowest BCUT2D eigenvalue weighted by Crippen LogP contribution is -2.63. The molecule has 0 radical (unpaired) electrons. The van der Waals surface area contributed by atoms with Gasteiger partial charge in [0.25, 0.3) is 0 Å². The highest BCUT2D eigenvalue weighted by molar-refractivity contribution is 5.82. The van der Waals surface area contributed by atoms with Gasteiger partial charge in [0.2, 0.25) is 5.91 Å². The Kier molecular flexibility index (Phi) is 6.50. The topological polar surface area (TPSA) is 72.8 Å². The fourth-order valence-electron chi connectivity index (χ4n) is 2.87. The Labute approximate surface area is 136 Å². The van der Waals surface area contributed by atoms with Crippen molar-refractivity contribution in [3.63, 3.8) is 0 Å². The number of hydrogen-bond acceptors (Lipinski definition) is 4. The van der Waals surface area contributed by atoms with E-state index in [1.807, 2.05) is 37.3 Å². The normalized spacial score (nSPS) is 27.7. The lowest BCUT2D eigenvalue weighted by Gasteiger charge is -2.36. The molecular weight excluding hydrogens is 299 g/mol. The van der Waals surface area contributed by atoms with Crippen molar-refractivity contribution in [2.75, 3.05) is 19.6 Å². The fraction of sp³-hybridized carbons (Fsp3) is 0.588. The van der Waals surface area contributed by atoms with Gasteiger partial charge in [0.05, 0.1) is 0 Å². The molecule has 1 fully saturated rings. The highest BCUT2D eigenvalue weighted by Crippen LogP contribution is 2.16. The molecule has 0 aromatic heterocycles. The third-order valence-corrected chi connectivity index (χ3v) is 4.28. The third kappa shape index (κ3) is 4.50. The lowest BCUT2D eigenvalue weighted by molar-refractivity contribution is -0.142. The number of benzene rings is 1. The van der Waals surface area contributed by atoms with Crippen LogP contribution in [-0.4, -0.2) is 65.1 Å². The van der Waals surface area contributed by atoms with Crippen LogP contribution in [0.1, 0.15) is 18.9 Å². The van der Waals surface area contributed by atoms with Crippen LogP contribution in [0.3, 0.4) is 0 Å². The summed E-state index contributed by atoms with van der Waals surface area (Å²) in [6, 6.07) is 9.01. The molecule has 1 aromatic carbocycles. The number of halogens is 1. The Balaban J connectivity index is 1.88. The second-order valence-electron chi connectivity index (χ2n) is 5.90. The Bertz CT molecular complexity index is 500. The molecule has 1 aliphatic heterocycles. The van der Waals surface area contributed by atoms with E-state index in [4.69, 9.17) is 0 Å². The van der Waals surface area contributed by atoms with Crippen molar-refractivity contribution in [3.8, 4) is 0 Å². The van der Waals surface area contributed by atoms with E-state index in [0.717, 1.165) is 12.8 Å². The maximum Gasteiger partial charge on any atom is 0.242 e. The first-order chi connectivity index (χ1) is 11.0. The molecule has 2 rings (SSSR count). The number of alkyl halides is 1. The number of carbonyl (C=O) groups excluding carboxylic acids is 1. The Morgan fingerprint density at radius 1 is 1.35 bits per heavy atom. The number of hydrogen-bond donors (Lipinski definition) is 3. The first-order valence-corrected chi connectivity index (χ1v) is 8.11. The average Bonchev–Trinajstić information content (AvgIpc) is 2.57. The van der Waals surface area contributed by atoms with Gasteiger partial charge < -0.3 is 20.4 Å². The Morgan fingerprint density at radius 2 is 2.04 bits per heavy atom. The third-order valence-electron chi connectivity index (χ3n) is 4.28. The van der Waals surface area contributed by atoms with Gasteiger partial charge in [-0.3, -0.25) is 4.79 Å². The van der Waals surface area contributed by atoms with Crippen LogP contribution in [-0.2, 0) is 11.2 Å². The standard InChI is InChI=1S/C17H25FN2O3/c1-2-20(10-6-9-12-7-4-3-5-8-12)17(23)15-16(22)14(18)13(21)11-19-15/h3-5,7-8,13-16,19,21-22H,2,6,9-11H2,1H3/t13-,14-,15+,16+/m1/s1. The summed E-state index contributed by atoms with van der Waals surface area (Å²) in [5, 5.41) is 22.0. The summed E-state index contributed by atoms with van der Waals surface area (Å²) < 4.78 is 13.7. The highest BCUT2D eigenvalue weighted by atomic mass is 19.1. The largest absolute Gasteiger partial charge is 0.389 e. The number of carbonyl (C=O) groups is 1. The smallest absolute Gasteiger partial charge is 0.242 e. The average molecular weight is 324 g/mol. The van der Waals surface area contributed by atoms with Gasteiger partial charge in [-0.1, -0.05) is 30.3 Å². The van der Waals surface area contributed by atoms with E-state index >= 15 is 0 Å². The summed E-state index contributed by atoms with van der Waals surface area (Å²) in [5.41, 5.74) is 1.21. The van der Waals surface area contributed by atoms with Gasteiger partial charge in [-0.15, -0.1) is 0 Å². The molecule has 23 heavy (non-hydrogen) atoms. The molecule has 1 saturated heterocycles. The van der Waals surface area contributed by atoms with Crippen LogP contribution in [0, 0.1) is 0 Å². The minimum atomic E-state index is -1.80. The van der Waals surface area contributed by atoms with E-state index in [-0.39, 0.29) is 12.5 Å². The number of aryl methyl sites for hydroxylation is 1. The molecule has 128 valence electrons. The zero-order valence-corrected chi connectivity index (χ0v) is 13.4. The molecule has 1 aromatic rings. The maximum atomic E-state index is 13.7. The van der Waals surface area contributed by atoms with E-state index in [2.05, 4.69) is 5.32 Å². The van der Waals surface area contributed by atoms with Crippen molar-refractivity contribution >= 4 is 5.91 Å². The molecule has 0 unspecified atom stereocenters. The van der Waals surface area contributed by atoms with Crippen molar-refractivity contribution in [2.24, 2.45) is 0 Å². The zero-order valence-electron chi connectivity index (χ0n) is 13.4. The van der Waals surface area contributed by atoms with Crippen molar-refractivity contribution in [2.45, 2.75) is 44.2 Å². The highest BCUT2D eigenvalue weighted by Gasteiger charge is 2.42. The van der Waals surface area contributed by atoms with Gasteiger partial charge >= 0.3 is 0 Å². The van der Waals surface area contributed by atoms with Gasteiger partial charge in [0.1, 0.15) is 18.2 Å². The molecule has 3 N–H and O–H groups in total. The van der Waals surface area contributed by atoms with Gasteiger partial charge in [-0.25, -0.2) is 4.39 Å². The minimum absolute atomic E-state index is 0.0315. The van der Waals surface area contributed by atoms with Crippen LogP contribution in [0.5, 0.6) is 0 Å². The molecule has 1 amide bonds. The minimum Gasteiger partial charge on any atom is -0.389 e. The van der Waals surface area contributed by atoms with Crippen LogP contribution < -0.4 is 5.32 Å². The quantitative estimate of drug-likeness (QED) is 0.712. The molecule has 0 saturated carbocycles. The molecule has 5 nitrogen and oxygen atoms in total. The van der Waals surface area contributed by atoms with Crippen molar-refractivity contribution in [1.82, 2.24) is 10.2 Å². The van der Waals surface area contributed by atoms with Gasteiger partial charge in [-0.2, -0.15) is 0 Å². The predicted molar refractivity (Wildman–Crippen MR) is 85.7 cm³/mol. The van der Waals surface area contributed by atoms with Crippen LogP contribution in [0.2, 0.25) is 0 Å². The monoisotopic (exact) mass is 324 g/mol. The number of β-amino-alcohol motifs (C(OH)–C–C–N with tert-alkyl or cyclic N) is 1. The van der Waals surface area contributed by atoms with Gasteiger partial charge in [0.15, 0.2) is 6.17 Å². The second kappa shape index (κ2) is 8.38. The maximum absolute atomic E-state index is 13.7. The predicted octanol–water partition coefficient (Wildman–Crippen LogP) is 0.499. The number of likely N-dealkylation sites (N-methyl/N-ethyl adjacent to an activating group) is 1. The molecule has 1 aliphatic rings. The number of aliphatic hydroxyl groups is 2. The Morgan fingerprint density at radius 3 is 2.70 bits per heavy atom. The number of piperidine rings is 1. The molecular formula is C17H25FN2O3. The van der Waals surface area contributed by atoms with E-state index in [1.54, 1.807) is 4.90 Å². The molecule has 4 atom stereocenters. The first-order valence-electron chi connectivity index (χ1n) is 8.11. The summed E-state index contributed by atoms with van der Waals surface area (Å²) in [4.78, 5) is 14.1. The lowest BCUT2D eigenvalue weighted by atomic mass is 9.96. The van der Waals surface area contributed by atoms with E-state index in [1.165, 1.54) is 5.56 Å². The van der Waals surface area contributed by atoms with Crippen LogP contribution in [0.4, 0.5) is 4.39 Å². The SMILES string of the molecule is CCN(CCCc1ccccc1)C(=O)[C@H]1NC[C@@H](O)[C@@H](F)[C@@H]1O. The summed E-state index contributed by atoms with van der Waals surface area (Å²) in [5.74, 6) is -0.317. The van der Waals surface area contributed by atoms with Gasteiger partial charge in [-0.05, 0) is 25.3 Å². The number of amides is 1. The van der Waals surface area contributed by atoms with Crippen molar-refractivity contribution in [1.29, 1.82) is 0 Å². The van der Waals surface area contributed by atoms with E-state index < -0.39 is 24.4 Å². The summed E-state index contributed by atoms with van der Waals surface area (Å²) in [6.45, 7) is 2.88. The second-order valence-corrected chi connectivity index (χ2v) is 5.90. The molecule has 0 spiro atoms. The van der Waals surface area contributed by atoms with E-state index in [9.17, 15) is 19.4 Å². The first kappa shape index (κ1) is 17.8. The van der Waals surface area contributed by atoms with Crippen molar-refractivity contribution in [3.05, 3.63) is 35.9 Å². The molecule has 6 heteroatoms. The van der Waals surface area contributed by atoms with Crippen LogP contribution in [0.25, 0.3) is 0 Å².